The van der Waals surface area contributed by atoms with E-state index in [2.05, 4.69) is 4.74 Å². The maximum absolute atomic E-state index is 12.6. The van der Waals surface area contributed by atoms with Crippen molar-refractivity contribution in [2.24, 2.45) is 0 Å². The molecule has 1 rings (SSSR count). The summed E-state index contributed by atoms with van der Waals surface area (Å²) >= 11 is 5.64. The molecule has 0 N–H and O–H groups in total. The minimum atomic E-state index is -0.459. The van der Waals surface area contributed by atoms with Crippen molar-refractivity contribution < 1.29 is 13.9 Å². The molecular formula is C9H8ClFO2. The van der Waals surface area contributed by atoms with Crippen molar-refractivity contribution in [3.05, 3.63) is 34.6 Å². The van der Waals surface area contributed by atoms with Gasteiger partial charge in [-0.05, 0) is 18.2 Å². The average molecular weight is 203 g/mol. The number of halogens is 2. The number of ketones is 1. The van der Waals surface area contributed by atoms with Crippen LogP contribution >= 0.6 is 11.6 Å². The van der Waals surface area contributed by atoms with Gasteiger partial charge in [-0.3, -0.25) is 4.79 Å². The monoisotopic (exact) mass is 202 g/mol. The molecule has 0 spiro atoms. The number of hydrogen-bond acceptors (Lipinski definition) is 2. The highest BCUT2D eigenvalue weighted by Gasteiger charge is 2.09. The Labute approximate surface area is 80.3 Å². The molecule has 0 bridgehead atoms. The summed E-state index contributed by atoms with van der Waals surface area (Å²) in [5.41, 5.74) is 0.282. The second-order valence-corrected chi connectivity index (χ2v) is 2.89. The molecule has 0 aliphatic carbocycles. The summed E-state index contributed by atoms with van der Waals surface area (Å²) in [5, 5.41) is 0.113. The molecule has 0 unspecified atom stereocenters. The van der Waals surface area contributed by atoms with E-state index in [9.17, 15) is 9.18 Å². The smallest absolute Gasteiger partial charge is 0.189 e. The van der Waals surface area contributed by atoms with Crippen molar-refractivity contribution in [1.29, 1.82) is 0 Å². The van der Waals surface area contributed by atoms with Gasteiger partial charge in [-0.25, -0.2) is 4.39 Å². The van der Waals surface area contributed by atoms with Crippen molar-refractivity contribution in [3.8, 4) is 0 Å². The van der Waals surface area contributed by atoms with Crippen LogP contribution < -0.4 is 0 Å². The fraction of sp³-hybridized carbons (Fsp3) is 0.222. The second-order valence-electron chi connectivity index (χ2n) is 2.48. The van der Waals surface area contributed by atoms with Crippen LogP contribution in [0.2, 0.25) is 5.02 Å². The van der Waals surface area contributed by atoms with E-state index in [1.165, 1.54) is 19.2 Å². The lowest BCUT2D eigenvalue weighted by Gasteiger charge is -2.01. The van der Waals surface area contributed by atoms with Crippen molar-refractivity contribution in [2.75, 3.05) is 13.7 Å². The third kappa shape index (κ3) is 2.50. The highest BCUT2D eigenvalue weighted by Crippen LogP contribution is 2.17. The van der Waals surface area contributed by atoms with Gasteiger partial charge in [-0.15, -0.1) is 0 Å². The summed E-state index contributed by atoms with van der Waals surface area (Å²) in [6.07, 6.45) is 0. The minimum Gasteiger partial charge on any atom is -0.377 e. The molecule has 2 nitrogen and oxygen atoms in total. The standard InChI is InChI=1S/C9H8ClFO2/c1-13-5-9(12)7-3-2-6(11)4-8(7)10/h2-4H,5H2,1H3. The van der Waals surface area contributed by atoms with E-state index in [-0.39, 0.29) is 23.0 Å². The van der Waals surface area contributed by atoms with Gasteiger partial charge in [0.2, 0.25) is 0 Å². The molecule has 0 saturated carbocycles. The number of rotatable bonds is 3. The molecule has 0 fully saturated rings. The van der Waals surface area contributed by atoms with E-state index in [0.717, 1.165) is 6.07 Å². The van der Waals surface area contributed by atoms with Gasteiger partial charge in [0.05, 0.1) is 5.02 Å². The Morgan fingerprint density at radius 2 is 2.31 bits per heavy atom. The molecule has 0 aliphatic heterocycles. The van der Waals surface area contributed by atoms with Gasteiger partial charge < -0.3 is 4.74 Å². The third-order valence-electron chi connectivity index (χ3n) is 1.51. The number of benzene rings is 1. The molecule has 0 amide bonds. The molecule has 1 aromatic carbocycles. The fourth-order valence-electron chi connectivity index (χ4n) is 0.924. The highest BCUT2D eigenvalue weighted by molar-refractivity contribution is 6.34. The average Bonchev–Trinajstić information content (AvgIpc) is 2.04. The predicted octanol–water partition coefficient (Wildman–Crippen LogP) is 2.31. The Balaban J connectivity index is 2.95. The Morgan fingerprint density at radius 3 is 2.85 bits per heavy atom. The number of ether oxygens (including phenoxy) is 1. The largest absolute Gasteiger partial charge is 0.377 e. The van der Waals surface area contributed by atoms with Crippen molar-refractivity contribution in [3.63, 3.8) is 0 Å². The second kappa shape index (κ2) is 4.35. The molecule has 4 heteroatoms. The molecule has 0 aromatic heterocycles. The molecule has 0 atom stereocenters. The Morgan fingerprint density at radius 1 is 1.62 bits per heavy atom. The van der Waals surface area contributed by atoms with E-state index >= 15 is 0 Å². The van der Waals surface area contributed by atoms with Crippen LogP contribution in [0.5, 0.6) is 0 Å². The van der Waals surface area contributed by atoms with Gasteiger partial charge in [-0.2, -0.15) is 0 Å². The first-order valence-corrected chi connectivity index (χ1v) is 4.00. The zero-order valence-corrected chi connectivity index (χ0v) is 7.77. The lowest BCUT2D eigenvalue weighted by Crippen LogP contribution is -2.07. The van der Waals surface area contributed by atoms with E-state index in [4.69, 9.17) is 11.6 Å². The molecule has 0 aliphatic rings. The van der Waals surface area contributed by atoms with Crippen LogP contribution in [0.3, 0.4) is 0 Å². The van der Waals surface area contributed by atoms with Crippen LogP contribution in [-0.2, 0) is 4.74 Å². The maximum Gasteiger partial charge on any atom is 0.189 e. The van der Waals surface area contributed by atoms with Gasteiger partial charge >= 0.3 is 0 Å². The summed E-state index contributed by atoms with van der Waals surface area (Å²) in [6.45, 7) is -0.0502. The van der Waals surface area contributed by atoms with E-state index < -0.39 is 5.82 Å². The molecule has 1 aromatic rings. The van der Waals surface area contributed by atoms with E-state index in [1.54, 1.807) is 0 Å². The fourth-order valence-corrected chi connectivity index (χ4v) is 1.20. The summed E-state index contributed by atoms with van der Waals surface area (Å²) < 4.78 is 17.2. The van der Waals surface area contributed by atoms with Gasteiger partial charge in [0, 0.05) is 12.7 Å². The number of carbonyl (C=O) groups is 1. The topological polar surface area (TPSA) is 26.3 Å². The van der Waals surface area contributed by atoms with E-state index in [1.807, 2.05) is 0 Å². The molecule has 13 heavy (non-hydrogen) atoms. The highest BCUT2D eigenvalue weighted by atomic mass is 35.5. The normalized spacial score (nSPS) is 10.1. The first-order chi connectivity index (χ1) is 6.15. The first-order valence-electron chi connectivity index (χ1n) is 3.62. The van der Waals surface area contributed by atoms with Gasteiger partial charge in [0.15, 0.2) is 5.78 Å². The Kier molecular flexibility index (Phi) is 3.39. The Bertz CT molecular complexity index is 325. The van der Waals surface area contributed by atoms with Crippen LogP contribution in [-0.4, -0.2) is 19.5 Å². The number of carbonyl (C=O) groups excluding carboxylic acids is 1. The third-order valence-corrected chi connectivity index (χ3v) is 1.82. The SMILES string of the molecule is COCC(=O)c1ccc(F)cc1Cl. The van der Waals surface area contributed by atoms with Crippen LogP contribution in [0.4, 0.5) is 4.39 Å². The zero-order valence-electron chi connectivity index (χ0n) is 7.01. The zero-order chi connectivity index (χ0) is 9.84. The van der Waals surface area contributed by atoms with Gasteiger partial charge in [-0.1, -0.05) is 11.6 Å². The lowest BCUT2D eigenvalue weighted by atomic mass is 10.1. The molecule has 0 heterocycles. The summed E-state index contributed by atoms with van der Waals surface area (Å²) in [7, 11) is 1.41. The summed E-state index contributed by atoms with van der Waals surface area (Å²) in [4.78, 5) is 11.2. The first kappa shape index (κ1) is 10.2. The number of methoxy groups -OCH3 is 1. The molecular weight excluding hydrogens is 195 g/mol. The summed E-state index contributed by atoms with van der Waals surface area (Å²) in [6, 6.07) is 3.64. The van der Waals surface area contributed by atoms with Crippen molar-refractivity contribution in [2.45, 2.75) is 0 Å². The van der Waals surface area contributed by atoms with Crippen LogP contribution in [0.15, 0.2) is 18.2 Å². The van der Waals surface area contributed by atoms with Crippen LogP contribution in [0.1, 0.15) is 10.4 Å². The summed E-state index contributed by atoms with van der Waals surface area (Å²) in [5.74, 6) is -0.716. The van der Waals surface area contributed by atoms with E-state index in [0.29, 0.717) is 0 Å². The lowest BCUT2D eigenvalue weighted by molar-refractivity contribution is 0.0848. The van der Waals surface area contributed by atoms with Gasteiger partial charge in [0.1, 0.15) is 12.4 Å². The minimum absolute atomic E-state index is 0.0502. The molecule has 70 valence electrons. The van der Waals surface area contributed by atoms with Crippen LogP contribution in [0.25, 0.3) is 0 Å². The van der Waals surface area contributed by atoms with Crippen molar-refractivity contribution >= 4 is 17.4 Å². The Hall–Kier alpha value is -0.930. The predicted molar refractivity (Wildman–Crippen MR) is 47.6 cm³/mol. The maximum atomic E-state index is 12.6. The number of hydrogen-bond donors (Lipinski definition) is 0. The molecule has 0 radical (unpaired) electrons. The van der Waals surface area contributed by atoms with Gasteiger partial charge in [0.25, 0.3) is 0 Å². The molecule has 0 saturated heterocycles. The van der Waals surface area contributed by atoms with Crippen LogP contribution in [0, 0.1) is 5.82 Å². The van der Waals surface area contributed by atoms with Crippen molar-refractivity contribution in [1.82, 2.24) is 0 Å². The number of Topliss-reactive ketones (excluding diaryl/α,β-unsaturated/α-hetero) is 1. The quantitative estimate of drug-likeness (QED) is 0.704.